The number of hydrogen-bond donors (Lipinski definition) is 1. The smallest absolute Gasteiger partial charge is 0.341 e. The number of halogens is 1. The topological polar surface area (TPSA) is 64.6 Å². The van der Waals surface area contributed by atoms with E-state index in [4.69, 9.17) is 9.47 Å². The fourth-order valence-electron chi connectivity index (χ4n) is 3.03. The summed E-state index contributed by atoms with van der Waals surface area (Å²) < 4.78 is 23.8. The molecule has 1 aromatic heterocycles. The van der Waals surface area contributed by atoms with Crippen molar-refractivity contribution in [1.29, 1.82) is 0 Å². The van der Waals surface area contributed by atoms with E-state index in [1.807, 2.05) is 31.2 Å². The van der Waals surface area contributed by atoms with Crippen molar-refractivity contribution in [1.82, 2.24) is 0 Å². The van der Waals surface area contributed by atoms with Crippen LogP contribution in [0.3, 0.4) is 0 Å². The lowest BCUT2D eigenvalue weighted by atomic mass is 10.0. The van der Waals surface area contributed by atoms with Gasteiger partial charge in [0.25, 0.3) is 5.91 Å². The van der Waals surface area contributed by atoms with Crippen molar-refractivity contribution in [3.05, 3.63) is 70.4 Å². The van der Waals surface area contributed by atoms with Crippen molar-refractivity contribution in [2.24, 2.45) is 0 Å². The number of ether oxygens (including phenoxy) is 2. The maximum absolute atomic E-state index is 13.3. The summed E-state index contributed by atoms with van der Waals surface area (Å²) in [6.07, 6.45) is 0.922. The van der Waals surface area contributed by atoms with Gasteiger partial charge < -0.3 is 14.8 Å². The van der Waals surface area contributed by atoms with E-state index in [0.29, 0.717) is 21.9 Å². The molecule has 2 aromatic carbocycles. The molecule has 0 aliphatic heterocycles. The largest absolute Gasteiger partial charge is 0.484 e. The molecule has 0 spiro atoms. The van der Waals surface area contributed by atoms with Crippen molar-refractivity contribution in [2.45, 2.75) is 20.3 Å². The number of nitrogens with one attached hydrogen (secondary N) is 1. The van der Waals surface area contributed by atoms with Crippen LogP contribution in [0.25, 0.3) is 11.1 Å². The maximum atomic E-state index is 13.3. The lowest BCUT2D eigenvalue weighted by molar-refractivity contribution is -0.118. The Labute approximate surface area is 178 Å². The van der Waals surface area contributed by atoms with Gasteiger partial charge in [0.05, 0.1) is 7.11 Å². The molecule has 0 bridgehead atoms. The zero-order valence-corrected chi connectivity index (χ0v) is 17.8. The molecule has 0 saturated heterocycles. The van der Waals surface area contributed by atoms with E-state index in [1.165, 1.54) is 36.1 Å². The Bertz CT molecular complexity index is 1040. The minimum atomic E-state index is -0.579. The molecule has 1 amide bonds. The highest BCUT2D eigenvalue weighted by Crippen LogP contribution is 2.40. The normalized spacial score (nSPS) is 10.5. The number of thiophene rings is 1. The Kier molecular flexibility index (Phi) is 6.84. The lowest BCUT2D eigenvalue weighted by Crippen LogP contribution is -2.21. The monoisotopic (exact) mass is 427 g/mol. The molecule has 0 saturated carbocycles. The van der Waals surface area contributed by atoms with Gasteiger partial charge in [-0.05, 0) is 48.7 Å². The zero-order valence-electron chi connectivity index (χ0n) is 17.0. The zero-order chi connectivity index (χ0) is 21.7. The summed E-state index contributed by atoms with van der Waals surface area (Å²) in [5, 5.41) is 3.11. The fourth-order valence-corrected chi connectivity index (χ4v) is 4.11. The molecule has 0 atom stereocenters. The Morgan fingerprint density at radius 2 is 1.73 bits per heavy atom. The molecule has 0 radical (unpaired) electrons. The minimum absolute atomic E-state index is 0.199. The first-order chi connectivity index (χ1) is 14.4. The van der Waals surface area contributed by atoms with Gasteiger partial charge in [0, 0.05) is 10.4 Å². The Hall–Kier alpha value is -3.19. The van der Waals surface area contributed by atoms with Crippen molar-refractivity contribution in [3.63, 3.8) is 0 Å². The van der Waals surface area contributed by atoms with Gasteiger partial charge in [0.1, 0.15) is 22.1 Å². The molecule has 156 valence electrons. The number of carbonyl (C=O) groups is 2. The van der Waals surface area contributed by atoms with Gasteiger partial charge >= 0.3 is 5.97 Å². The number of methoxy groups -OCH3 is 1. The van der Waals surface area contributed by atoms with Crippen LogP contribution in [0.4, 0.5) is 9.39 Å². The van der Waals surface area contributed by atoms with E-state index in [2.05, 4.69) is 12.2 Å². The van der Waals surface area contributed by atoms with Gasteiger partial charge in [-0.25, -0.2) is 9.18 Å². The number of esters is 1. The molecular formula is C23H22FNO4S. The van der Waals surface area contributed by atoms with Crippen LogP contribution in [0.15, 0.2) is 48.5 Å². The summed E-state index contributed by atoms with van der Waals surface area (Å²) in [6, 6.07) is 13.3. The van der Waals surface area contributed by atoms with Crippen LogP contribution in [0.2, 0.25) is 0 Å². The van der Waals surface area contributed by atoms with Crippen LogP contribution >= 0.6 is 11.3 Å². The van der Waals surface area contributed by atoms with E-state index in [0.717, 1.165) is 11.3 Å². The molecule has 0 aliphatic carbocycles. The van der Waals surface area contributed by atoms with Gasteiger partial charge in [0.15, 0.2) is 6.61 Å². The molecule has 3 rings (SSSR count). The molecular weight excluding hydrogens is 405 g/mol. The minimum Gasteiger partial charge on any atom is -0.484 e. The van der Waals surface area contributed by atoms with Crippen LogP contribution in [-0.2, 0) is 16.0 Å². The standard InChI is InChI=1S/C23H22FNO4S/c1-4-15-5-11-18(12-6-15)29-13-19(26)25-22-21(23(27)28-3)20(14(2)30-22)16-7-9-17(24)10-8-16/h5-12H,4,13H2,1-3H3,(H,25,26). The summed E-state index contributed by atoms with van der Waals surface area (Å²) in [6.45, 7) is 3.69. The number of hydrogen-bond acceptors (Lipinski definition) is 5. The molecule has 0 unspecified atom stereocenters. The van der Waals surface area contributed by atoms with Crippen molar-refractivity contribution >= 4 is 28.2 Å². The Morgan fingerprint density at radius 1 is 1.07 bits per heavy atom. The molecule has 0 fully saturated rings. The van der Waals surface area contributed by atoms with Gasteiger partial charge in [-0.15, -0.1) is 11.3 Å². The number of carbonyl (C=O) groups excluding carboxylic acids is 2. The van der Waals surface area contributed by atoms with Gasteiger partial charge in [-0.3, -0.25) is 4.79 Å². The third-order valence-corrected chi connectivity index (χ3v) is 5.58. The second kappa shape index (κ2) is 9.54. The summed E-state index contributed by atoms with van der Waals surface area (Å²) in [4.78, 5) is 25.7. The fraction of sp³-hybridized carbons (Fsp3) is 0.217. The van der Waals surface area contributed by atoms with Crippen molar-refractivity contribution < 1.29 is 23.5 Å². The molecule has 7 heteroatoms. The van der Waals surface area contributed by atoms with Crippen LogP contribution in [0.1, 0.15) is 27.7 Å². The van der Waals surface area contributed by atoms with E-state index < -0.39 is 11.9 Å². The number of anilines is 1. The molecule has 3 aromatic rings. The second-order valence-corrected chi connectivity index (χ2v) is 7.79. The number of aryl methyl sites for hydroxylation is 2. The van der Waals surface area contributed by atoms with Crippen molar-refractivity contribution in [3.8, 4) is 16.9 Å². The quantitative estimate of drug-likeness (QED) is 0.525. The van der Waals surface area contributed by atoms with E-state index in [-0.39, 0.29) is 18.0 Å². The first-order valence-corrected chi connectivity index (χ1v) is 10.2. The van der Waals surface area contributed by atoms with Crippen LogP contribution in [0.5, 0.6) is 5.75 Å². The predicted molar refractivity (Wildman–Crippen MR) is 116 cm³/mol. The third kappa shape index (κ3) is 4.86. The molecule has 5 nitrogen and oxygen atoms in total. The third-order valence-electron chi connectivity index (χ3n) is 4.56. The van der Waals surface area contributed by atoms with E-state index in [1.54, 1.807) is 12.1 Å². The summed E-state index contributed by atoms with van der Waals surface area (Å²) >= 11 is 1.26. The van der Waals surface area contributed by atoms with E-state index in [9.17, 15) is 14.0 Å². The van der Waals surface area contributed by atoms with Crippen LogP contribution in [0, 0.1) is 12.7 Å². The average molecular weight is 427 g/mol. The summed E-state index contributed by atoms with van der Waals surface area (Å²) in [7, 11) is 1.28. The summed E-state index contributed by atoms with van der Waals surface area (Å²) in [5.41, 5.74) is 2.70. The highest BCUT2D eigenvalue weighted by molar-refractivity contribution is 7.17. The lowest BCUT2D eigenvalue weighted by Gasteiger charge is -2.09. The van der Waals surface area contributed by atoms with Crippen LogP contribution < -0.4 is 10.1 Å². The highest BCUT2D eigenvalue weighted by Gasteiger charge is 2.25. The van der Waals surface area contributed by atoms with Crippen LogP contribution in [-0.4, -0.2) is 25.6 Å². The van der Waals surface area contributed by atoms with Gasteiger partial charge in [-0.1, -0.05) is 31.2 Å². The predicted octanol–water partition coefficient (Wildman–Crippen LogP) is 5.23. The number of rotatable bonds is 7. The SMILES string of the molecule is CCc1ccc(OCC(=O)Nc2sc(C)c(-c3ccc(F)cc3)c2C(=O)OC)cc1. The number of benzene rings is 2. The van der Waals surface area contributed by atoms with Crippen molar-refractivity contribution in [2.75, 3.05) is 19.0 Å². The maximum Gasteiger partial charge on any atom is 0.341 e. The highest BCUT2D eigenvalue weighted by atomic mass is 32.1. The number of amides is 1. The van der Waals surface area contributed by atoms with Gasteiger partial charge in [0.2, 0.25) is 0 Å². The van der Waals surface area contributed by atoms with E-state index >= 15 is 0 Å². The average Bonchev–Trinajstić information content (AvgIpc) is 3.08. The Balaban J connectivity index is 1.80. The Morgan fingerprint density at radius 3 is 2.33 bits per heavy atom. The van der Waals surface area contributed by atoms with Gasteiger partial charge in [-0.2, -0.15) is 0 Å². The molecule has 1 N–H and O–H groups in total. The second-order valence-electron chi connectivity index (χ2n) is 6.57. The first-order valence-electron chi connectivity index (χ1n) is 9.42. The molecule has 1 heterocycles. The molecule has 30 heavy (non-hydrogen) atoms. The first kappa shape index (κ1) is 21.5. The molecule has 0 aliphatic rings. The summed E-state index contributed by atoms with van der Waals surface area (Å²) in [5.74, 6) is -0.759.